The normalized spacial score (nSPS) is 11.8. The summed E-state index contributed by atoms with van der Waals surface area (Å²) in [6.45, 7) is 0. The van der Waals surface area contributed by atoms with Gasteiger partial charge in [-0.2, -0.15) is 0 Å². The van der Waals surface area contributed by atoms with E-state index in [0.29, 0.717) is 5.89 Å². The van der Waals surface area contributed by atoms with Crippen LogP contribution in [0.25, 0.3) is 88.3 Å². The lowest BCUT2D eigenvalue weighted by Crippen LogP contribution is -2.10. The van der Waals surface area contributed by atoms with Crippen molar-refractivity contribution in [2.24, 2.45) is 0 Å². The van der Waals surface area contributed by atoms with Crippen LogP contribution in [-0.4, -0.2) is 4.98 Å². The van der Waals surface area contributed by atoms with Gasteiger partial charge in [-0.3, -0.25) is 0 Å². The average molecular weight is 669 g/mol. The Hall–Kier alpha value is -7.11. The molecule has 5 nitrogen and oxygen atoms in total. The Kier molecular flexibility index (Phi) is 6.18. The van der Waals surface area contributed by atoms with Gasteiger partial charge in [0.2, 0.25) is 5.89 Å². The van der Waals surface area contributed by atoms with Gasteiger partial charge in [0, 0.05) is 27.4 Å². The number of fused-ring (bicyclic) bond motifs is 8. The summed E-state index contributed by atoms with van der Waals surface area (Å²) < 4.78 is 19.5. The van der Waals surface area contributed by atoms with E-state index in [1.807, 2.05) is 54.6 Å². The first kappa shape index (κ1) is 28.7. The van der Waals surface area contributed by atoms with Gasteiger partial charge in [-0.25, -0.2) is 4.98 Å². The third kappa shape index (κ3) is 4.39. The van der Waals surface area contributed by atoms with Crippen LogP contribution in [-0.2, 0) is 0 Å². The highest BCUT2D eigenvalue weighted by Gasteiger charge is 2.24. The fourth-order valence-corrected chi connectivity index (χ4v) is 7.70. The van der Waals surface area contributed by atoms with Crippen molar-refractivity contribution in [3.05, 3.63) is 170 Å². The number of nitrogens with zero attached hydrogens (tertiary/aromatic N) is 2. The molecule has 0 radical (unpaired) electrons. The van der Waals surface area contributed by atoms with Gasteiger partial charge in [0.25, 0.3) is 0 Å². The van der Waals surface area contributed by atoms with Crippen LogP contribution >= 0.6 is 0 Å². The minimum Gasteiger partial charge on any atom is -0.456 e. The number of benzene rings is 8. The first-order valence-electron chi connectivity index (χ1n) is 17.4. The molecule has 0 amide bonds. The summed E-state index contributed by atoms with van der Waals surface area (Å²) in [5.74, 6) is 0.565. The Morgan fingerprint density at radius 2 is 1.10 bits per heavy atom. The van der Waals surface area contributed by atoms with E-state index in [1.165, 1.54) is 16.3 Å². The third-order valence-corrected chi connectivity index (χ3v) is 10.1. The zero-order chi connectivity index (χ0) is 34.2. The molecule has 3 heterocycles. The molecule has 0 spiro atoms. The maximum absolute atomic E-state index is 6.82. The van der Waals surface area contributed by atoms with Gasteiger partial charge in [-0.05, 0) is 88.6 Å². The maximum atomic E-state index is 6.82. The largest absolute Gasteiger partial charge is 0.456 e. The fraction of sp³-hybridized carbons (Fsp3) is 0. The van der Waals surface area contributed by atoms with Crippen molar-refractivity contribution in [1.29, 1.82) is 0 Å². The molecule has 0 saturated carbocycles. The summed E-state index contributed by atoms with van der Waals surface area (Å²) in [7, 11) is 0. The summed E-state index contributed by atoms with van der Waals surface area (Å²) in [6.07, 6.45) is 0. The molecule has 0 N–H and O–H groups in total. The highest BCUT2D eigenvalue weighted by atomic mass is 16.4. The second-order valence-corrected chi connectivity index (χ2v) is 13.1. The monoisotopic (exact) mass is 668 g/mol. The molecule has 5 heteroatoms. The molecule has 3 aromatic heterocycles. The van der Waals surface area contributed by atoms with Crippen LogP contribution in [0.3, 0.4) is 0 Å². The number of hydrogen-bond donors (Lipinski definition) is 0. The Bertz CT molecular complexity index is 3110. The number of anilines is 3. The van der Waals surface area contributed by atoms with E-state index >= 15 is 0 Å². The summed E-state index contributed by atoms with van der Waals surface area (Å²) in [6, 6.07) is 58.6. The number of oxazole rings is 1. The van der Waals surface area contributed by atoms with Gasteiger partial charge in [0.05, 0.1) is 16.8 Å². The van der Waals surface area contributed by atoms with Gasteiger partial charge >= 0.3 is 0 Å². The zero-order valence-electron chi connectivity index (χ0n) is 27.8. The first-order valence-corrected chi connectivity index (χ1v) is 17.4. The van der Waals surface area contributed by atoms with E-state index in [-0.39, 0.29) is 0 Å². The molecular weight excluding hydrogens is 641 g/mol. The summed E-state index contributed by atoms with van der Waals surface area (Å²) in [4.78, 5) is 7.14. The molecule has 11 aromatic rings. The highest BCUT2D eigenvalue weighted by Crippen LogP contribution is 2.47. The fourth-order valence-electron chi connectivity index (χ4n) is 7.70. The van der Waals surface area contributed by atoms with Crippen molar-refractivity contribution < 1.29 is 13.3 Å². The predicted octanol–water partition coefficient (Wildman–Crippen LogP) is 13.6. The Morgan fingerprint density at radius 3 is 1.98 bits per heavy atom. The molecule has 0 fully saturated rings. The van der Waals surface area contributed by atoms with Crippen molar-refractivity contribution in [2.75, 3.05) is 4.90 Å². The second-order valence-electron chi connectivity index (χ2n) is 13.1. The Labute approximate surface area is 297 Å². The van der Waals surface area contributed by atoms with Crippen LogP contribution in [0.2, 0.25) is 0 Å². The van der Waals surface area contributed by atoms with Gasteiger partial charge in [-0.1, -0.05) is 103 Å². The van der Waals surface area contributed by atoms with Crippen LogP contribution < -0.4 is 4.90 Å². The average Bonchev–Trinajstić information content (AvgIpc) is 3.92. The van der Waals surface area contributed by atoms with E-state index < -0.39 is 0 Å². The highest BCUT2D eigenvalue weighted by molar-refractivity contribution is 6.18. The minimum atomic E-state index is 0.565. The molecule has 0 aliphatic heterocycles. The van der Waals surface area contributed by atoms with E-state index in [0.717, 1.165) is 83.2 Å². The number of aromatic nitrogens is 1. The molecule has 52 heavy (non-hydrogen) atoms. The Morgan fingerprint density at radius 1 is 0.423 bits per heavy atom. The minimum absolute atomic E-state index is 0.565. The van der Waals surface area contributed by atoms with Crippen molar-refractivity contribution in [3.63, 3.8) is 0 Å². The number of rotatable bonds is 5. The first-order chi connectivity index (χ1) is 25.8. The molecule has 0 aliphatic rings. The summed E-state index contributed by atoms with van der Waals surface area (Å²) in [5, 5.41) is 6.49. The molecule has 0 atom stereocenters. The topological polar surface area (TPSA) is 55.6 Å². The third-order valence-electron chi connectivity index (χ3n) is 10.1. The molecule has 0 aliphatic carbocycles. The molecule has 0 unspecified atom stereocenters. The van der Waals surface area contributed by atoms with E-state index in [1.54, 1.807) is 0 Å². The van der Waals surface area contributed by atoms with Crippen LogP contribution in [0.1, 0.15) is 0 Å². The van der Waals surface area contributed by atoms with Crippen molar-refractivity contribution in [3.8, 4) is 22.6 Å². The van der Waals surface area contributed by atoms with E-state index in [9.17, 15) is 0 Å². The zero-order valence-corrected chi connectivity index (χ0v) is 27.8. The number of furan rings is 2. The predicted molar refractivity (Wildman–Crippen MR) is 212 cm³/mol. The molecule has 244 valence electrons. The van der Waals surface area contributed by atoms with E-state index in [2.05, 4.69) is 120 Å². The van der Waals surface area contributed by atoms with Crippen molar-refractivity contribution in [1.82, 2.24) is 4.98 Å². The van der Waals surface area contributed by atoms with Crippen LogP contribution in [0.15, 0.2) is 183 Å². The smallest absolute Gasteiger partial charge is 0.228 e. The van der Waals surface area contributed by atoms with Crippen LogP contribution in [0, 0.1) is 0 Å². The van der Waals surface area contributed by atoms with Crippen molar-refractivity contribution in [2.45, 2.75) is 0 Å². The summed E-state index contributed by atoms with van der Waals surface area (Å²) >= 11 is 0. The lowest BCUT2D eigenvalue weighted by molar-refractivity contribution is 0.620. The molecule has 0 bridgehead atoms. The maximum Gasteiger partial charge on any atom is 0.228 e. The van der Waals surface area contributed by atoms with Gasteiger partial charge in [0.15, 0.2) is 11.2 Å². The number of para-hydroxylation sites is 4. The molecule has 0 saturated heterocycles. The SMILES string of the molecule is c1ccc2cc(-c3ccc(N(c4cccc5c4oc4cccc(-c6nc7ccccc7o6)c45)c4cccc5oc6ccccc6c45)cc3)ccc2c1. The van der Waals surface area contributed by atoms with Crippen LogP contribution in [0.4, 0.5) is 17.1 Å². The van der Waals surface area contributed by atoms with Crippen molar-refractivity contribution >= 4 is 82.8 Å². The quantitative estimate of drug-likeness (QED) is 0.183. The van der Waals surface area contributed by atoms with Gasteiger partial charge < -0.3 is 18.2 Å². The molecule has 8 aromatic carbocycles. The lowest BCUT2D eigenvalue weighted by Gasteiger charge is -2.26. The molecular formula is C47H28N2O3. The van der Waals surface area contributed by atoms with E-state index in [4.69, 9.17) is 18.2 Å². The second kappa shape index (κ2) is 11.2. The van der Waals surface area contributed by atoms with Crippen LogP contribution in [0.5, 0.6) is 0 Å². The Balaban J connectivity index is 1.14. The number of hydrogen-bond acceptors (Lipinski definition) is 5. The molecule has 11 rings (SSSR count). The van der Waals surface area contributed by atoms with Gasteiger partial charge in [0.1, 0.15) is 22.3 Å². The lowest BCUT2D eigenvalue weighted by atomic mass is 10.0. The standard InChI is InChI=1S/C47H28N2O3/c1-2-11-31-28-32(23-22-29(31)10-1)30-24-26-33(27-25-30)49(38-16-9-21-43-45(38)34-12-3-5-18-40(34)50-43)39-17-7-13-35-44-36(14-8-20-42(44)51-46(35)39)47-48-37-15-4-6-19-41(37)52-47/h1-28H. The van der Waals surface area contributed by atoms with Gasteiger partial charge in [-0.15, -0.1) is 0 Å². The summed E-state index contributed by atoms with van der Waals surface area (Å²) in [5.41, 5.74) is 10.9.